The number of benzene rings is 1. The van der Waals surface area contributed by atoms with E-state index in [9.17, 15) is 10.1 Å². The van der Waals surface area contributed by atoms with Gasteiger partial charge in [-0.1, -0.05) is 0 Å². The third-order valence-corrected chi connectivity index (χ3v) is 5.48. The summed E-state index contributed by atoms with van der Waals surface area (Å²) in [5.74, 6) is 3.96. The van der Waals surface area contributed by atoms with E-state index >= 15 is 0 Å². The van der Waals surface area contributed by atoms with E-state index in [0.717, 1.165) is 29.4 Å². The maximum atomic E-state index is 11.0. The summed E-state index contributed by atoms with van der Waals surface area (Å²) in [6.45, 7) is 2.40. The highest BCUT2D eigenvalue weighted by molar-refractivity contribution is 5.58. The van der Waals surface area contributed by atoms with Gasteiger partial charge in [-0.05, 0) is 49.9 Å². The molecule has 5 heteroatoms. The molecule has 5 nitrogen and oxygen atoms in total. The minimum Gasteiger partial charge on any atom is -0.494 e. The highest BCUT2D eigenvalue weighted by Gasteiger charge is 2.65. The lowest BCUT2D eigenvalue weighted by Gasteiger charge is -2.13. The predicted molar refractivity (Wildman–Crippen MR) is 79.5 cm³/mol. The summed E-state index contributed by atoms with van der Waals surface area (Å²) in [6, 6.07) is 5.52. The summed E-state index contributed by atoms with van der Waals surface area (Å²) in [5, 5.41) is 14.6. The van der Waals surface area contributed by atoms with Crippen LogP contribution >= 0.6 is 0 Å². The van der Waals surface area contributed by atoms with Crippen LogP contribution in [-0.4, -0.2) is 17.6 Å². The molecule has 4 atom stereocenters. The van der Waals surface area contributed by atoms with Crippen molar-refractivity contribution in [3.8, 4) is 5.75 Å². The Bertz CT molecular complexity index is 573. The van der Waals surface area contributed by atoms with Gasteiger partial charge in [0.25, 0.3) is 5.69 Å². The molecule has 0 aromatic heterocycles. The van der Waals surface area contributed by atoms with E-state index in [1.54, 1.807) is 6.07 Å². The Morgan fingerprint density at radius 3 is 2.62 bits per heavy atom. The van der Waals surface area contributed by atoms with Crippen LogP contribution in [0.25, 0.3) is 0 Å². The fourth-order valence-corrected chi connectivity index (χ4v) is 4.73. The van der Waals surface area contributed by atoms with Crippen LogP contribution in [0, 0.1) is 33.8 Å². The smallest absolute Gasteiger partial charge is 0.275 e. The largest absolute Gasteiger partial charge is 0.494 e. The molecule has 3 aliphatic rings. The van der Waals surface area contributed by atoms with Crippen molar-refractivity contribution in [2.45, 2.75) is 32.2 Å². The van der Waals surface area contributed by atoms with Gasteiger partial charge in [0.15, 0.2) is 0 Å². The van der Waals surface area contributed by atoms with Crippen molar-refractivity contribution in [2.75, 3.05) is 11.9 Å². The molecule has 1 aromatic rings. The Balaban J connectivity index is 1.53. The zero-order valence-electron chi connectivity index (χ0n) is 12.1. The number of anilines is 1. The summed E-state index contributed by atoms with van der Waals surface area (Å²) < 4.78 is 5.44. The highest BCUT2D eigenvalue weighted by atomic mass is 16.6. The topological polar surface area (TPSA) is 64.4 Å². The van der Waals surface area contributed by atoms with Gasteiger partial charge >= 0.3 is 0 Å². The van der Waals surface area contributed by atoms with Crippen LogP contribution in [0.3, 0.4) is 0 Å². The quantitative estimate of drug-likeness (QED) is 0.665. The fraction of sp³-hybridized carbons (Fsp3) is 0.625. The Kier molecular flexibility index (Phi) is 2.84. The third-order valence-electron chi connectivity index (χ3n) is 5.48. The number of non-ortho nitro benzene ring substituents is 1. The number of hydrogen-bond donors (Lipinski definition) is 1. The van der Waals surface area contributed by atoms with Crippen LogP contribution in [-0.2, 0) is 0 Å². The zero-order valence-corrected chi connectivity index (χ0v) is 12.1. The highest BCUT2D eigenvalue weighted by Crippen LogP contribution is 2.66. The number of nitrogens with one attached hydrogen (secondary N) is 1. The molecule has 112 valence electrons. The molecule has 0 radical (unpaired) electrons. The van der Waals surface area contributed by atoms with Crippen molar-refractivity contribution in [1.29, 1.82) is 0 Å². The van der Waals surface area contributed by atoms with Gasteiger partial charge in [0, 0.05) is 23.9 Å². The molecular formula is C16H20N2O3. The zero-order chi connectivity index (χ0) is 14.6. The molecule has 2 bridgehead atoms. The first kappa shape index (κ1) is 12.9. The summed E-state index contributed by atoms with van der Waals surface area (Å²) in [7, 11) is 0. The van der Waals surface area contributed by atoms with Crippen LogP contribution in [0.15, 0.2) is 18.2 Å². The average molecular weight is 288 g/mol. The van der Waals surface area contributed by atoms with E-state index < -0.39 is 0 Å². The number of fused-ring (bicyclic) bond motifs is 5. The number of nitro benzene ring substituents is 1. The monoisotopic (exact) mass is 288 g/mol. The van der Waals surface area contributed by atoms with Crippen molar-refractivity contribution in [3.63, 3.8) is 0 Å². The van der Waals surface area contributed by atoms with Crippen molar-refractivity contribution >= 4 is 11.4 Å². The minimum atomic E-state index is -0.356. The first-order valence-electron chi connectivity index (χ1n) is 7.86. The van der Waals surface area contributed by atoms with Gasteiger partial charge in [-0.3, -0.25) is 10.1 Å². The van der Waals surface area contributed by atoms with Gasteiger partial charge in [0.1, 0.15) is 5.75 Å². The van der Waals surface area contributed by atoms with E-state index in [1.165, 1.54) is 25.3 Å². The summed E-state index contributed by atoms with van der Waals surface area (Å²) in [4.78, 5) is 10.7. The van der Waals surface area contributed by atoms with Gasteiger partial charge in [0.2, 0.25) is 0 Å². The molecule has 0 aliphatic heterocycles. The van der Waals surface area contributed by atoms with Crippen molar-refractivity contribution in [3.05, 3.63) is 28.3 Å². The number of nitrogens with zero attached hydrogens (tertiary/aromatic N) is 1. The Labute approximate surface area is 123 Å². The second-order valence-electron chi connectivity index (χ2n) is 6.56. The molecule has 4 unspecified atom stereocenters. The second kappa shape index (κ2) is 4.61. The van der Waals surface area contributed by atoms with Crippen LogP contribution in [0.4, 0.5) is 11.4 Å². The molecule has 4 rings (SSSR count). The molecule has 3 aliphatic carbocycles. The molecule has 0 spiro atoms. The molecule has 3 fully saturated rings. The van der Waals surface area contributed by atoms with E-state index in [4.69, 9.17) is 4.74 Å². The van der Waals surface area contributed by atoms with Crippen molar-refractivity contribution in [2.24, 2.45) is 23.7 Å². The van der Waals surface area contributed by atoms with Crippen molar-refractivity contribution in [1.82, 2.24) is 0 Å². The SMILES string of the molecule is CCOc1cc(NC2C3C4CCC(C4)C23)cc([N+](=O)[O-])c1. The number of hydrogen-bond acceptors (Lipinski definition) is 4. The Morgan fingerprint density at radius 2 is 2.00 bits per heavy atom. The van der Waals surface area contributed by atoms with Crippen LogP contribution in [0.2, 0.25) is 0 Å². The lowest BCUT2D eigenvalue weighted by Crippen LogP contribution is -2.13. The molecule has 0 amide bonds. The Morgan fingerprint density at radius 1 is 1.29 bits per heavy atom. The van der Waals surface area contributed by atoms with E-state index in [0.29, 0.717) is 18.4 Å². The second-order valence-corrected chi connectivity index (χ2v) is 6.56. The van der Waals surface area contributed by atoms with Gasteiger partial charge in [-0.2, -0.15) is 0 Å². The van der Waals surface area contributed by atoms with Crippen LogP contribution < -0.4 is 10.1 Å². The summed E-state index contributed by atoms with van der Waals surface area (Å²) >= 11 is 0. The standard InChI is InChI=1S/C16H20N2O3/c1-2-21-13-7-11(6-12(8-13)18(19)20)17-16-14-9-3-4-10(5-9)15(14)16/h6-10,14-17H,2-5H2,1H3. The number of ether oxygens (including phenoxy) is 1. The van der Waals surface area contributed by atoms with E-state index in [-0.39, 0.29) is 10.6 Å². The van der Waals surface area contributed by atoms with Gasteiger partial charge in [-0.25, -0.2) is 0 Å². The first-order valence-corrected chi connectivity index (χ1v) is 7.86. The summed E-state index contributed by atoms with van der Waals surface area (Å²) in [5.41, 5.74) is 0.920. The lowest BCUT2D eigenvalue weighted by molar-refractivity contribution is -0.384. The molecule has 21 heavy (non-hydrogen) atoms. The third kappa shape index (κ3) is 2.06. The molecule has 0 heterocycles. The first-order chi connectivity index (χ1) is 10.2. The maximum absolute atomic E-state index is 11.0. The number of nitro groups is 1. The van der Waals surface area contributed by atoms with E-state index in [1.807, 2.05) is 13.0 Å². The van der Waals surface area contributed by atoms with Gasteiger partial charge in [-0.15, -0.1) is 0 Å². The molecular weight excluding hydrogens is 268 g/mol. The Hall–Kier alpha value is -1.78. The maximum Gasteiger partial charge on any atom is 0.275 e. The number of rotatable bonds is 5. The molecule has 0 saturated heterocycles. The fourth-order valence-electron chi connectivity index (χ4n) is 4.73. The average Bonchev–Trinajstić information content (AvgIpc) is 2.84. The molecule has 1 aromatic carbocycles. The molecule has 1 N–H and O–H groups in total. The van der Waals surface area contributed by atoms with Gasteiger partial charge < -0.3 is 10.1 Å². The minimum absolute atomic E-state index is 0.0947. The predicted octanol–water partition coefficient (Wildman–Crippen LogP) is 3.45. The molecule has 3 saturated carbocycles. The lowest BCUT2D eigenvalue weighted by atomic mass is 10.0. The van der Waals surface area contributed by atoms with Crippen LogP contribution in [0.5, 0.6) is 5.75 Å². The van der Waals surface area contributed by atoms with Gasteiger partial charge in [0.05, 0.1) is 17.6 Å². The summed E-state index contributed by atoms with van der Waals surface area (Å²) in [6.07, 6.45) is 4.17. The normalized spacial score (nSPS) is 35.4. The van der Waals surface area contributed by atoms with Crippen molar-refractivity contribution < 1.29 is 9.66 Å². The van der Waals surface area contributed by atoms with Crippen LogP contribution in [0.1, 0.15) is 26.2 Å². The van der Waals surface area contributed by atoms with E-state index in [2.05, 4.69) is 5.32 Å².